The fraction of sp³-hybridized carbons (Fsp3) is 0.640. The Hall–Kier alpha value is -2.21. The number of hydrogen-bond donors (Lipinski definition) is 1. The van der Waals surface area contributed by atoms with Crippen LogP contribution < -0.4 is 5.32 Å². The maximum absolute atomic E-state index is 12.6. The fourth-order valence-electron chi connectivity index (χ4n) is 5.35. The Kier molecular flexibility index (Phi) is 7.38. The average Bonchev–Trinajstić information content (AvgIpc) is 3.33. The van der Waals surface area contributed by atoms with E-state index in [1.165, 1.54) is 56.4 Å². The Morgan fingerprint density at radius 2 is 1.61 bits per heavy atom. The zero-order valence-corrected chi connectivity index (χ0v) is 18.7. The van der Waals surface area contributed by atoms with Gasteiger partial charge in [-0.15, -0.1) is 0 Å². The Morgan fingerprint density at radius 1 is 0.903 bits per heavy atom. The summed E-state index contributed by atoms with van der Waals surface area (Å²) >= 11 is 0. The molecule has 168 valence electrons. The number of amides is 2. The van der Waals surface area contributed by atoms with Gasteiger partial charge < -0.3 is 5.32 Å². The molecule has 1 N–H and O–H groups in total. The van der Waals surface area contributed by atoms with Gasteiger partial charge in [0.25, 0.3) is 0 Å². The average molecular weight is 425 g/mol. The molecule has 31 heavy (non-hydrogen) atoms. The first-order valence-electron chi connectivity index (χ1n) is 12.1. The molecular formula is C25H36N4O2. The molecule has 4 rings (SSSR count). The number of carbonyl (C=O) groups excluding carboxylic acids is 2. The van der Waals surface area contributed by atoms with Crippen LogP contribution in [0.1, 0.15) is 76.2 Å². The summed E-state index contributed by atoms with van der Waals surface area (Å²) in [5.74, 6) is -0.0775. The second-order valence-corrected chi connectivity index (χ2v) is 9.29. The van der Waals surface area contributed by atoms with Crippen molar-refractivity contribution in [1.82, 2.24) is 15.2 Å². The fourth-order valence-corrected chi connectivity index (χ4v) is 5.35. The Balaban J connectivity index is 1.26. The van der Waals surface area contributed by atoms with E-state index in [0.29, 0.717) is 6.54 Å². The van der Waals surface area contributed by atoms with E-state index in [2.05, 4.69) is 15.3 Å². The van der Waals surface area contributed by atoms with E-state index >= 15 is 0 Å². The van der Waals surface area contributed by atoms with Crippen molar-refractivity contribution in [3.05, 3.63) is 35.9 Å². The summed E-state index contributed by atoms with van der Waals surface area (Å²) in [5, 5.41) is 9.21. The van der Waals surface area contributed by atoms with Gasteiger partial charge in [0.05, 0.1) is 12.3 Å². The van der Waals surface area contributed by atoms with Crippen LogP contribution in [0.15, 0.2) is 35.4 Å². The Labute approximate surface area is 186 Å². The smallest absolute Gasteiger partial charge is 0.243 e. The van der Waals surface area contributed by atoms with Crippen molar-refractivity contribution in [1.29, 1.82) is 0 Å². The van der Waals surface area contributed by atoms with Crippen molar-refractivity contribution in [2.75, 3.05) is 26.2 Å². The molecule has 2 amide bonds. The molecule has 0 aromatic heterocycles. The van der Waals surface area contributed by atoms with Crippen LogP contribution in [0.4, 0.5) is 0 Å². The quantitative estimate of drug-likeness (QED) is 0.726. The molecule has 1 aromatic carbocycles. The van der Waals surface area contributed by atoms with Crippen LogP contribution in [0, 0.1) is 0 Å². The molecule has 0 radical (unpaired) electrons. The van der Waals surface area contributed by atoms with Gasteiger partial charge >= 0.3 is 0 Å². The van der Waals surface area contributed by atoms with E-state index < -0.39 is 0 Å². The number of piperidine rings is 1. The van der Waals surface area contributed by atoms with Crippen LogP contribution in [0.25, 0.3) is 0 Å². The largest absolute Gasteiger partial charge is 0.354 e. The molecule has 1 saturated heterocycles. The molecule has 6 heteroatoms. The topological polar surface area (TPSA) is 65.0 Å². The van der Waals surface area contributed by atoms with E-state index in [-0.39, 0.29) is 30.2 Å². The number of benzene rings is 1. The maximum Gasteiger partial charge on any atom is 0.243 e. The number of hydrogen-bond acceptors (Lipinski definition) is 4. The van der Waals surface area contributed by atoms with E-state index in [0.717, 1.165) is 37.3 Å². The van der Waals surface area contributed by atoms with Gasteiger partial charge in [-0.05, 0) is 44.3 Å². The number of rotatable bonds is 7. The molecule has 3 aliphatic rings. The lowest BCUT2D eigenvalue weighted by Crippen LogP contribution is -2.58. The van der Waals surface area contributed by atoms with E-state index in [1.807, 2.05) is 30.3 Å². The van der Waals surface area contributed by atoms with Gasteiger partial charge in [-0.3, -0.25) is 14.5 Å². The van der Waals surface area contributed by atoms with Crippen molar-refractivity contribution < 1.29 is 9.59 Å². The monoisotopic (exact) mass is 424 g/mol. The summed E-state index contributed by atoms with van der Waals surface area (Å²) in [5.41, 5.74) is 2.13. The second-order valence-electron chi connectivity index (χ2n) is 9.29. The van der Waals surface area contributed by atoms with Crippen LogP contribution in [0.3, 0.4) is 0 Å². The summed E-state index contributed by atoms with van der Waals surface area (Å²) in [6.07, 6.45) is 11.2. The highest BCUT2D eigenvalue weighted by atomic mass is 16.2. The molecule has 2 heterocycles. The molecule has 0 spiro atoms. The van der Waals surface area contributed by atoms with Crippen molar-refractivity contribution in [2.45, 2.75) is 76.2 Å². The minimum Gasteiger partial charge on any atom is -0.354 e. The van der Waals surface area contributed by atoms with Crippen LogP contribution in [0.5, 0.6) is 0 Å². The van der Waals surface area contributed by atoms with E-state index in [4.69, 9.17) is 0 Å². The zero-order valence-electron chi connectivity index (χ0n) is 18.7. The molecule has 1 saturated carbocycles. The minimum absolute atomic E-state index is 0.0123. The molecule has 6 nitrogen and oxygen atoms in total. The van der Waals surface area contributed by atoms with Crippen molar-refractivity contribution in [2.24, 2.45) is 5.10 Å². The highest BCUT2D eigenvalue weighted by Crippen LogP contribution is 2.35. The molecule has 2 aliphatic heterocycles. The molecule has 1 aromatic rings. The molecule has 0 unspecified atom stereocenters. The Morgan fingerprint density at radius 3 is 2.35 bits per heavy atom. The molecule has 1 aliphatic carbocycles. The van der Waals surface area contributed by atoms with Crippen molar-refractivity contribution >= 4 is 17.5 Å². The van der Waals surface area contributed by atoms with Crippen LogP contribution in [-0.2, 0) is 9.59 Å². The predicted molar refractivity (Wildman–Crippen MR) is 123 cm³/mol. The van der Waals surface area contributed by atoms with Gasteiger partial charge in [-0.25, -0.2) is 5.01 Å². The summed E-state index contributed by atoms with van der Waals surface area (Å²) in [4.78, 5) is 27.8. The third-order valence-electron chi connectivity index (χ3n) is 7.19. The third kappa shape index (κ3) is 5.53. The van der Waals surface area contributed by atoms with Gasteiger partial charge in [0.15, 0.2) is 0 Å². The Bertz CT molecular complexity index is 780. The molecular weight excluding hydrogens is 388 g/mol. The second kappa shape index (κ2) is 10.4. The number of carbonyl (C=O) groups is 2. The number of likely N-dealkylation sites (tertiary alicyclic amines) is 1. The minimum atomic E-state index is -0.0653. The lowest BCUT2D eigenvalue weighted by molar-refractivity contribution is -0.133. The highest BCUT2D eigenvalue weighted by molar-refractivity contribution is 6.02. The maximum atomic E-state index is 12.6. The van der Waals surface area contributed by atoms with Gasteiger partial charge in [0.2, 0.25) is 11.8 Å². The lowest BCUT2D eigenvalue weighted by Gasteiger charge is -2.48. The van der Waals surface area contributed by atoms with Crippen LogP contribution >= 0.6 is 0 Å². The lowest BCUT2D eigenvalue weighted by atomic mass is 9.79. The van der Waals surface area contributed by atoms with Gasteiger partial charge in [0.1, 0.15) is 0 Å². The van der Waals surface area contributed by atoms with Gasteiger partial charge in [-0.2, -0.15) is 5.10 Å². The SMILES string of the molecule is O=C(CCC(=O)N1CCC(c2ccccc2)=N1)NCC1(N2CCCCC2)CCCCC1. The van der Waals surface area contributed by atoms with Crippen LogP contribution in [-0.4, -0.2) is 59.2 Å². The van der Waals surface area contributed by atoms with Crippen molar-refractivity contribution in [3.63, 3.8) is 0 Å². The normalized spacial score (nSPS) is 21.5. The van der Waals surface area contributed by atoms with Gasteiger partial charge in [-0.1, -0.05) is 56.0 Å². The molecule has 2 fully saturated rings. The first-order chi connectivity index (χ1) is 15.2. The first-order valence-corrected chi connectivity index (χ1v) is 12.1. The summed E-state index contributed by atoms with van der Waals surface area (Å²) in [7, 11) is 0. The standard InChI is InChI=1S/C25H36N4O2/c30-23(26-20-25(15-6-2-7-16-25)28-17-8-3-9-18-28)12-13-24(31)29-19-14-22(27-29)21-10-4-1-5-11-21/h1,4-5,10-11H,2-3,6-9,12-20H2,(H,26,30). The molecule has 0 atom stereocenters. The van der Waals surface area contributed by atoms with Gasteiger partial charge in [0, 0.05) is 31.3 Å². The van der Waals surface area contributed by atoms with E-state index in [9.17, 15) is 9.59 Å². The number of nitrogens with one attached hydrogen (secondary N) is 1. The summed E-state index contributed by atoms with van der Waals surface area (Å²) in [6, 6.07) is 9.97. The van der Waals surface area contributed by atoms with Crippen LogP contribution in [0.2, 0.25) is 0 Å². The van der Waals surface area contributed by atoms with E-state index in [1.54, 1.807) is 0 Å². The number of hydrazone groups is 1. The third-order valence-corrected chi connectivity index (χ3v) is 7.19. The first kappa shape index (κ1) is 22.0. The van der Waals surface area contributed by atoms with Crippen molar-refractivity contribution in [3.8, 4) is 0 Å². The predicted octanol–water partition coefficient (Wildman–Crippen LogP) is 3.71. The summed E-state index contributed by atoms with van der Waals surface area (Å²) in [6.45, 7) is 3.64. The highest BCUT2D eigenvalue weighted by Gasteiger charge is 2.38. The zero-order chi connectivity index (χ0) is 21.5. The molecule has 0 bridgehead atoms. The number of nitrogens with zero attached hydrogens (tertiary/aromatic N) is 3. The summed E-state index contributed by atoms with van der Waals surface area (Å²) < 4.78 is 0.